The average molecular weight is 430 g/mol. The van der Waals surface area contributed by atoms with Crippen molar-refractivity contribution in [2.45, 2.75) is 12.6 Å². The van der Waals surface area contributed by atoms with Crippen LogP contribution in [0.15, 0.2) is 64.7 Å². The van der Waals surface area contributed by atoms with Crippen LogP contribution in [0.3, 0.4) is 0 Å². The highest BCUT2D eigenvalue weighted by Gasteiger charge is 2.30. The van der Waals surface area contributed by atoms with E-state index in [1.165, 1.54) is 29.9 Å². The van der Waals surface area contributed by atoms with Crippen molar-refractivity contribution in [1.82, 2.24) is 15.2 Å². The van der Waals surface area contributed by atoms with Crippen LogP contribution in [0.5, 0.6) is 0 Å². The predicted octanol–water partition coefficient (Wildman–Crippen LogP) is 5.06. The van der Waals surface area contributed by atoms with Crippen LogP contribution in [0.1, 0.15) is 11.3 Å². The molecule has 6 nitrogen and oxygen atoms in total. The van der Waals surface area contributed by atoms with E-state index >= 15 is 0 Å². The van der Waals surface area contributed by atoms with E-state index < -0.39 is 11.7 Å². The van der Waals surface area contributed by atoms with Crippen LogP contribution in [-0.4, -0.2) is 21.1 Å². The van der Waals surface area contributed by atoms with Crippen LogP contribution < -0.4 is 5.32 Å². The van der Waals surface area contributed by atoms with Crippen molar-refractivity contribution in [3.8, 4) is 22.0 Å². The zero-order chi connectivity index (χ0) is 21.1. The summed E-state index contributed by atoms with van der Waals surface area (Å²) in [5.74, 6) is 0.0636. The average Bonchev–Trinajstić information content (AvgIpc) is 3.40. The molecule has 0 saturated carbocycles. The molecule has 0 fully saturated rings. The molecule has 0 radical (unpaired) electrons. The van der Waals surface area contributed by atoms with Gasteiger partial charge >= 0.3 is 6.18 Å². The van der Waals surface area contributed by atoms with Gasteiger partial charge in [0.15, 0.2) is 0 Å². The molecule has 30 heavy (non-hydrogen) atoms. The molecule has 1 N–H and O–H groups in total. The smallest absolute Gasteiger partial charge is 0.416 e. The van der Waals surface area contributed by atoms with Crippen LogP contribution in [-0.2, 0) is 17.4 Å². The first-order chi connectivity index (χ1) is 14.4. The largest absolute Gasteiger partial charge is 0.423 e. The number of halogens is 3. The van der Waals surface area contributed by atoms with Gasteiger partial charge in [0.2, 0.25) is 18.2 Å². The third kappa shape index (κ3) is 4.54. The summed E-state index contributed by atoms with van der Waals surface area (Å²) in [7, 11) is 0. The van der Waals surface area contributed by atoms with Gasteiger partial charge in [0.05, 0.1) is 17.7 Å². The van der Waals surface area contributed by atoms with Gasteiger partial charge in [0.25, 0.3) is 0 Å². The Morgan fingerprint density at radius 3 is 2.60 bits per heavy atom. The number of thiazole rings is 1. The minimum absolute atomic E-state index is 0.0297. The summed E-state index contributed by atoms with van der Waals surface area (Å²) in [6.07, 6.45) is -3.13. The topological polar surface area (TPSA) is 80.9 Å². The summed E-state index contributed by atoms with van der Waals surface area (Å²) >= 11 is 1.27. The molecule has 0 aliphatic rings. The molecule has 4 aromatic rings. The first kappa shape index (κ1) is 19.8. The highest BCUT2D eigenvalue weighted by atomic mass is 32.1. The number of nitrogens with one attached hydrogen (secondary N) is 1. The SMILES string of the molecule is O=C(Cc1csc(-c2ccc(C(F)(F)F)cc2)n1)Nc1cccc(-c2nnco2)c1. The van der Waals surface area contributed by atoms with Crippen molar-refractivity contribution < 1.29 is 22.4 Å². The number of hydrogen-bond donors (Lipinski definition) is 1. The molecule has 10 heteroatoms. The Morgan fingerprint density at radius 2 is 1.90 bits per heavy atom. The summed E-state index contributed by atoms with van der Waals surface area (Å²) in [6.45, 7) is 0. The molecule has 0 spiro atoms. The standard InChI is InChI=1S/C20H13F3N4O2S/c21-20(22,23)14-6-4-12(5-7-14)19-26-16(10-30-19)9-17(28)25-15-3-1-2-13(8-15)18-27-24-11-29-18/h1-8,10-11H,9H2,(H,25,28). The number of alkyl halides is 3. The lowest BCUT2D eigenvalue weighted by Gasteiger charge is -2.06. The van der Waals surface area contributed by atoms with Gasteiger partial charge in [0.1, 0.15) is 5.01 Å². The van der Waals surface area contributed by atoms with Crippen molar-refractivity contribution in [1.29, 1.82) is 0 Å². The number of anilines is 1. The number of amides is 1. The van der Waals surface area contributed by atoms with Crippen LogP contribution in [0.2, 0.25) is 0 Å². The maximum Gasteiger partial charge on any atom is 0.416 e. The maximum absolute atomic E-state index is 12.7. The van der Waals surface area contributed by atoms with E-state index in [2.05, 4.69) is 20.5 Å². The Morgan fingerprint density at radius 1 is 1.10 bits per heavy atom. The first-order valence-corrected chi connectivity index (χ1v) is 9.55. The molecular weight excluding hydrogens is 417 g/mol. The quantitative estimate of drug-likeness (QED) is 0.479. The summed E-state index contributed by atoms with van der Waals surface area (Å²) in [5, 5.41) is 12.5. The molecule has 2 aromatic carbocycles. The van der Waals surface area contributed by atoms with E-state index in [1.807, 2.05) is 0 Å². The first-order valence-electron chi connectivity index (χ1n) is 8.67. The van der Waals surface area contributed by atoms with Gasteiger partial charge in [-0.15, -0.1) is 21.5 Å². The molecule has 4 rings (SSSR count). The number of carbonyl (C=O) groups excluding carboxylic acids is 1. The molecule has 152 valence electrons. The van der Waals surface area contributed by atoms with Gasteiger partial charge in [-0.1, -0.05) is 18.2 Å². The highest BCUT2D eigenvalue weighted by Crippen LogP contribution is 2.32. The number of rotatable bonds is 5. The van der Waals surface area contributed by atoms with Crippen LogP contribution in [0.4, 0.5) is 18.9 Å². The Balaban J connectivity index is 1.41. The molecular formula is C20H13F3N4O2S. The number of aromatic nitrogens is 3. The van der Waals surface area contributed by atoms with Crippen molar-refractivity contribution in [3.05, 3.63) is 71.6 Å². The lowest BCUT2D eigenvalue weighted by Crippen LogP contribution is -2.14. The summed E-state index contributed by atoms with van der Waals surface area (Å²) in [5.41, 5.74) is 1.61. The van der Waals surface area contributed by atoms with Crippen molar-refractivity contribution in [2.75, 3.05) is 5.32 Å². The molecule has 0 unspecified atom stereocenters. The zero-order valence-electron chi connectivity index (χ0n) is 15.2. The summed E-state index contributed by atoms with van der Waals surface area (Å²) in [4.78, 5) is 16.7. The predicted molar refractivity (Wildman–Crippen MR) is 105 cm³/mol. The molecule has 0 saturated heterocycles. The monoisotopic (exact) mass is 430 g/mol. The molecule has 0 atom stereocenters. The minimum Gasteiger partial charge on any atom is -0.423 e. The van der Waals surface area contributed by atoms with E-state index in [0.717, 1.165) is 12.1 Å². The number of hydrogen-bond acceptors (Lipinski definition) is 6. The molecule has 0 bridgehead atoms. The fourth-order valence-corrected chi connectivity index (χ4v) is 3.55. The van der Waals surface area contributed by atoms with E-state index in [-0.39, 0.29) is 12.3 Å². The third-order valence-electron chi connectivity index (χ3n) is 4.11. The second-order valence-corrected chi connectivity index (χ2v) is 7.13. The minimum atomic E-state index is -4.38. The lowest BCUT2D eigenvalue weighted by molar-refractivity contribution is -0.137. The maximum atomic E-state index is 12.7. The van der Waals surface area contributed by atoms with Crippen molar-refractivity contribution in [2.24, 2.45) is 0 Å². The van der Waals surface area contributed by atoms with Gasteiger partial charge in [-0.2, -0.15) is 13.2 Å². The third-order valence-corrected chi connectivity index (χ3v) is 5.05. The number of nitrogens with zero attached hydrogens (tertiary/aromatic N) is 3. The normalized spacial score (nSPS) is 11.4. The Kier molecular flexibility index (Phi) is 5.32. The molecule has 0 aliphatic heterocycles. The fourth-order valence-electron chi connectivity index (χ4n) is 2.72. The Labute approximate surface area is 172 Å². The van der Waals surface area contributed by atoms with E-state index in [1.54, 1.807) is 29.6 Å². The van der Waals surface area contributed by atoms with Gasteiger partial charge in [-0.05, 0) is 30.3 Å². The molecule has 2 heterocycles. The Hall–Kier alpha value is -3.53. The van der Waals surface area contributed by atoms with Gasteiger partial charge in [-0.3, -0.25) is 4.79 Å². The van der Waals surface area contributed by atoms with Gasteiger partial charge in [-0.25, -0.2) is 4.98 Å². The van der Waals surface area contributed by atoms with Gasteiger partial charge < -0.3 is 9.73 Å². The van der Waals surface area contributed by atoms with Crippen LogP contribution >= 0.6 is 11.3 Å². The molecule has 1 amide bonds. The zero-order valence-corrected chi connectivity index (χ0v) is 16.0. The van der Waals surface area contributed by atoms with Crippen LogP contribution in [0.25, 0.3) is 22.0 Å². The Bertz CT molecular complexity index is 1160. The second kappa shape index (κ2) is 8.07. The van der Waals surface area contributed by atoms with E-state index in [9.17, 15) is 18.0 Å². The van der Waals surface area contributed by atoms with E-state index in [4.69, 9.17) is 4.42 Å². The lowest BCUT2D eigenvalue weighted by atomic mass is 10.1. The molecule has 0 aliphatic carbocycles. The number of carbonyl (C=O) groups is 1. The summed E-state index contributed by atoms with van der Waals surface area (Å²) in [6, 6.07) is 11.7. The summed E-state index contributed by atoms with van der Waals surface area (Å²) < 4.78 is 43.2. The number of benzene rings is 2. The fraction of sp³-hybridized carbons (Fsp3) is 0.100. The second-order valence-electron chi connectivity index (χ2n) is 6.27. The van der Waals surface area contributed by atoms with Gasteiger partial charge in [0, 0.05) is 22.2 Å². The van der Waals surface area contributed by atoms with Crippen LogP contribution in [0, 0.1) is 0 Å². The molecule has 2 aromatic heterocycles. The van der Waals surface area contributed by atoms with E-state index in [0.29, 0.717) is 33.4 Å². The highest BCUT2D eigenvalue weighted by molar-refractivity contribution is 7.13. The van der Waals surface area contributed by atoms with Crippen molar-refractivity contribution >= 4 is 22.9 Å². The van der Waals surface area contributed by atoms with Crippen molar-refractivity contribution in [3.63, 3.8) is 0 Å².